The number of anilines is 2. The first kappa shape index (κ1) is 16.3. The molecule has 0 radical (unpaired) electrons. The van der Waals surface area contributed by atoms with Crippen molar-refractivity contribution in [1.29, 1.82) is 0 Å². The van der Waals surface area contributed by atoms with E-state index in [4.69, 9.17) is 4.98 Å². The third kappa shape index (κ3) is 3.74. The largest absolute Gasteiger partial charge is 0.355 e. The van der Waals surface area contributed by atoms with Crippen LogP contribution in [0.5, 0.6) is 0 Å². The zero-order chi connectivity index (χ0) is 17.8. The van der Waals surface area contributed by atoms with Gasteiger partial charge in [0.1, 0.15) is 5.82 Å². The van der Waals surface area contributed by atoms with Crippen LogP contribution in [-0.4, -0.2) is 35.1 Å². The van der Waals surface area contributed by atoms with E-state index in [1.54, 1.807) is 0 Å². The van der Waals surface area contributed by atoms with Crippen LogP contribution in [0.2, 0.25) is 0 Å². The Bertz CT molecular complexity index is 891. The zero-order valence-corrected chi connectivity index (χ0v) is 14.4. The monoisotopic (exact) mass is 347 g/mol. The van der Waals surface area contributed by atoms with Gasteiger partial charge in [-0.1, -0.05) is 30.3 Å². The standard InChI is InChI=1S/C20H21N5O/c26-20(22-15-6-2-1-3-7-15)23-16-10-12-25(13-11-16)19-14-21-17-8-4-5-9-18(17)24-19/h1-9,14,16H,10-13H2,(H2,22,23,26). The van der Waals surface area contributed by atoms with Gasteiger partial charge < -0.3 is 15.5 Å². The van der Waals surface area contributed by atoms with Crippen molar-refractivity contribution in [2.24, 2.45) is 0 Å². The third-order valence-corrected chi connectivity index (χ3v) is 4.62. The SMILES string of the molecule is O=C(Nc1ccccc1)NC1CCN(c2cnc3ccccc3n2)CC1. The summed E-state index contributed by atoms with van der Waals surface area (Å²) in [5, 5.41) is 5.92. The van der Waals surface area contributed by atoms with E-state index in [2.05, 4.69) is 20.5 Å². The number of hydrogen-bond acceptors (Lipinski definition) is 4. The predicted octanol–water partition coefficient (Wildman–Crippen LogP) is 3.42. The lowest BCUT2D eigenvalue weighted by molar-refractivity contribution is 0.246. The number of benzene rings is 2. The molecule has 1 aliphatic rings. The fourth-order valence-corrected chi connectivity index (χ4v) is 3.23. The molecule has 0 spiro atoms. The van der Waals surface area contributed by atoms with E-state index < -0.39 is 0 Å². The van der Waals surface area contributed by atoms with E-state index in [1.165, 1.54) is 0 Å². The molecule has 1 saturated heterocycles. The molecule has 0 unspecified atom stereocenters. The second-order valence-electron chi connectivity index (χ2n) is 6.44. The maximum Gasteiger partial charge on any atom is 0.319 e. The molecule has 26 heavy (non-hydrogen) atoms. The van der Waals surface area contributed by atoms with Gasteiger partial charge in [-0.3, -0.25) is 4.98 Å². The Morgan fingerprint density at radius 1 is 0.962 bits per heavy atom. The number of rotatable bonds is 3. The summed E-state index contributed by atoms with van der Waals surface area (Å²) in [4.78, 5) is 23.5. The van der Waals surface area contributed by atoms with E-state index in [0.717, 1.165) is 48.5 Å². The summed E-state index contributed by atoms with van der Waals surface area (Å²) in [5.41, 5.74) is 2.62. The Labute approximate surface area is 152 Å². The van der Waals surface area contributed by atoms with E-state index in [-0.39, 0.29) is 12.1 Å². The van der Waals surface area contributed by atoms with Gasteiger partial charge in [0.2, 0.25) is 0 Å². The first-order chi connectivity index (χ1) is 12.8. The van der Waals surface area contributed by atoms with Crippen molar-refractivity contribution in [1.82, 2.24) is 15.3 Å². The van der Waals surface area contributed by atoms with E-state index in [0.29, 0.717) is 0 Å². The highest BCUT2D eigenvalue weighted by molar-refractivity contribution is 5.89. The van der Waals surface area contributed by atoms with Crippen LogP contribution in [0.4, 0.5) is 16.3 Å². The van der Waals surface area contributed by atoms with Crippen LogP contribution in [-0.2, 0) is 0 Å². The smallest absolute Gasteiger partial charge is 0.319 e. The van der Waals surface area contributed by atoms with Crippen molar-refractivity contribution in [3.8, 4) is 0 Å². The predicted molar refractivity (Wildman–Crippen MR) is 103 cm³/mol. The molecule has 0 saturated carbocycles. The Hall–Kier alpha value is -3.15. The van der Waals surface area contributed by atoms with Crippen molar-refractivity contribution in [2.45, 2.75) is 18.9 Å². The van der Waals surface area contributed by atoms with Gasteiger partial charge in [-0.05, 0) is 37.1 Å². The van der Waals surface area contributed by atoms with Crippen molar-refractivity contribution in [3.05, 3.63) is 60.8 Å². The molecule has 0 bridgehead atoms. The van der Waals surface area contributed by atoms with Crippen LogP contribution in [0.15, 0.2) is 60.8 Å². The normalized spacial score (nSPS) is 15.0. The number of aromatic nitrogens is 2. The number of hydrogen-bond donors (Lipinski definition) is 2. The van der Waals surface area contributed by atoms with Crippen LogP contribution in [0.3, 0.4) is 0 Å². The minimum Gasteiger partial charge on any atom is -0.355 e. The highest BCUT2D eigenvalue weighted by Gasteiger charge is 2.22. The Morgan fingerprint density at radius 2 is 1.65 bits per heavy atom. The molecular formula is C20H21N5O. The molecule has 2 heterocycles. The molecular weight excluding hydrogens is 326 g/mol. The maximum atomic E-state index is 12.1. The van der Waals surface area contributed by atoms with Crippen molar-refractivity contribution >= 4 is 28.6 Å². The third-order valence-electron chi connectivity index (χ3n) is 4.62. The van der Waals surface area contributed by atoms with Gasteiger partial charge in [0.05, 0.1) is 17.2 Å². The molecule has 0 aliphatic carbocycles. The van der Waals surface area contributed by atoms with Crippen LogP contribution >= 0.6 is 0 Å². The second-order valence-corrected chi connectivity index (χ2v) is 6.44. The minimum absolute atomic E-state index is 0.153. The molecule has 0 atom stereocenters. The van der Waals surface area contributed by atoms with Crippen molar-refractivity contribution in [3.63, 3.8) is 0 Å². The molecule has 6 nitrogen and oxygen atoms in total. The van der Waals surface area contributed by atoms with Gasteiger partial charge in [0.25, 0.3) is 0 Å². The topological polar surface area (TPSA) is 70.2 Å². The average Bonchev–Trinajstić information content (AvgIpc) is 2.69. The lowest BCUT2D eigenvalue weighted by Crippen LogP contribution is -2.46. The highest BCUT2D eigenvalue weighted by Crippen LogP contribution is 2.20. The number of carbonyl (C=O) groups excluding carboxylic acids is 1. The Balaban J connectivity index is 1.32. The molecule has 3 aromatic rings. The number of carbonyl (C=O) groups is 1. The van der Waals surface area contributed by atoms with Crippen molar-refractivity contribution < 1.29 is 4.79 Å². The summed E-state index contributed by atoms with van der Waals surface area (Å²) >= 11 is 0. The van der Waals surface area contributed by atoms with Gasteiger partial charge in [0, 0.05) is 24.8 Å². The van der Waals surface area contributed by atoms with Crippen LogP contribution in [0, 0.1) is 0 Å². The number of fused-ring (bicyclic) bond motifs is 1. The van der Waals surface area contributed by atoms with Crippen LogP contribution in [0.25, 0.3) is 11.0 Å². The number of nitrogens with zero attached hydrogens (tertiary/aromatic N) is 3. The fourth-order valence-electron chi connectivity index (χ4n) is 3.23. The maximum absolute atomic E-state index is 12.1. The second kappa shape index (κ2) is 7.39. The number of para-hydroxylation sites is 3. The molecule has 132 valence electrons. The summed E-state index contributed by atoms with van der Waals surface area (Å²) < 4.78 is 0. The number of urea groups is 1. The Morgan fingerprint density at radius 3 is 2.42 bits per heavy atom. The quantitative estimate of drug-likeness (QED) is 0.762. The first-order valence-electron chi connectivity index (χ1n) is 8.87. The first-order valence-corrected chi connectivity index (χ1v) is 8.87. The summed E-state index contributed by atoms with van der Waals surface area (Å²) in [6.07, 6.45) is 3.60. The van der Waals surface area contributed by atoms with Gasteiger partial charge in [-0.15, -0.1) is 0 Å². The molecule has 2 amide bonds. The number of nitrogens with one attached hydrogen (secondary N) is 2. The molecule has 1 aromatic heterocycles. The Kier molecular flexibility index (Phi) is 4.64. The highest BCUT2D eigenvalue weighted by atomic mass is 16.2. The lowest BCUT2D eigenvalue weighted by atomic mass is 10.1. The molecule has 1 fully saturated rings. The summed E-state index contributed by atoms with van der Waals surface area (Å²) in [6, 6.07) is 17.4. The molecule has 1 aliphatic heterocycles. The summed E-state index contributed by atoms with van der Waals surface area (Å²) in [5.74, 6) is 0.899. The van der Waals surface area contributed by atoms with Gasteiger partial charge >= 0.3 is 6.03 Å². The lowest BCUT2D eigenvalue weighted by Gasteiger charge is -2.33. The van der Waals surface area contributed by atoms with E-state index in [9.17, 15) is 4.79 Å². The number of piperidine rings is 1. The molecule has 2 N–H and O–H groups in total. The molecule has 6 heteroatoms. The van der Waals surface area contributed by atoms with E-state index >= 15 is 0 Å². The summed E-state index contributed by atoms with van der Waals surface area (Å²) in [7, 11) is 0. The minimum atomic E-state index is -0.153. The fraction of sp³-hybridized carbons (Fsp3) is 0.250. The molecule has 2 aromatic carbocycles. The van der Waals surface area contributed by atoms with Crippen LogP contribution in [0.1, 0.15) is 12.8 Å². The summed E-state index contributed by atoms with van der Waals surface area (Å²) in [6.45, 7) is 1.70. The number of amides is 2. The van der Waals surface area contributed by atoms with Crippen molar-refractivity contribution in [2.75, 3.05) is 23.3 Å². The zero-order valence-electron chi connectivity index (χ0n) is 14.4. The van der Waals surface area contributed by atoms with Crippen LogP contribution < -0.4 is 15.5 Å². The van der Waals surface area contributed by atoms with Gasteiger partial charge in [-0.25, -0.2) is 9.78 Å². The van der Waals surface area contributed by atoms with Gasteiger partial charge in [0.15, 0.2) is 0 Å². The van der Waals surface area contributed by atoms with Gasteiger partial charge in [-0.2, -0.15) is 0 Å². The molecule has 4 rings (SSSR count). The average molecular weight is 347 g/mol. The van der Waals surface area contributed by atoms with E-state index in [1.807, 2.05) is 60.8 Å².